The smallest absolute Gasteiger partial charge is 0.321 e. The Morgan fingerprint density at radius 1 is 0.481 bits per heavy atom. The Morgan fingerprint density at radius 2 is 1.04 bits per heavy atom. The van der Waals surface area contributed by atoms with Gasteiger partial charge < -0.3 is 18.7 Å². The largest absolute Gasteiger partial charge is 3.00 e. The zero-order valence-corrected chi connectivity index (χ0v) is 30.5. The molecule has 0 N–H and O–H groups in total. The predicted octanol–water partition coefficient (Wildman–Crippen LogP) is 10.8. The molecule has 0 saturated heterocycles. The van der Waals surface area contributed by atoms with Gasteiger partial charge in [-0.05, 0) is 54.2 Å². The van der Waals surface area contributed by atoms with E-state index in [1.165, 1.54) is 32.6 Å². The summed E-state index contributed by atoms with van der Waals surface area (Å²) in [7, 11) is 3.89. The monoisotopic (exact) mass is 845 g/mol. The van der Waals surface area contributed by atoms with Gasteiger partial charge in [0.05, 0.1) is 28.3 Å². The summed E-state index contributed by atoms with van der Waals surface area (Å²) in [4.78, 5) is 4.87. The first-order chi connectivity index (χ1) is 25.2. The summed E-state index contributed by atoms with van der Waals surface area (Å²) in [6, 6.07) is 65.2. The van der Waals surface area contributed by atoms with Crippen LogP contribution >= 0.6 is 0 Å². The molecule has 5 heteroatoms. The van der Waals surface area contributed by atoms with Crippen molar-refractivity contribution in [2.24, 2.45) is 0 Å². The zero-order valence-electron chi connectivity index (χ0n) is 28.1. The standard InChI is InChI=1S/C35H22N3.C12H10N.Ir/c1-4-12-24(13-5-1)31-21-30-29-20-28-27-18-10-11-19-32(27)37(25-14-6-2-7-15-25)33(28)22-34(29)38(35(30)23-36-31)26-16-8-3-9-17-26;1-13-10-6-5-9-12(13)11-7-3-2-4-8-11;/h1-12,14-23H;2-7,9-10H,1H2;/q2*-1;+3. The Kier molecular flexibility index (Phi) is 8.96. The molecule has 0 bridgehead atoms. The summed E-state index contributed by atoms with van der Waals surface area (Å²) in [5.74, 6) is 0. The van der Waals surface area contributed by atoms with Crippen molar-refractivity contribution in [1.82, 2.24) is 14.1 Å². The topological polar surface area (TPSA) is 26.6 Å². The van der Waals surface area contributed by atoms with Crippen LogP contribution in [0.3, 0.4) is 0 Å². The fraction of sp³-hybridized carbons (Fsp3) is 0. The molecule has 0 atom stereocenters. The molecule has 0 aliphatic carbocycles. The maximum absolute atomic E-state index is 4.87. The molecule has 248 valence electrons. The van der Waals surface area contributed by atoms with E-state index in [0.717, 1.165) is 44.9 Å². The molecule has 0 fully saturated rings. The van der Waals surface area contributed by atoms with Gasteiger partial charge in [0, 0.05) is 46.2 Å². The number of hydrogen-bond acceptors (Lipinski definition) is 1. The summed E-state index contributed by atoms with van der Waals surface area (Å²) < 4.78 is 6.55. The number of benzene rings is 6. The van der Waals surface area contributed by atoms with Crippen molar-refractivity contribution >= 4 is 43.6 Å². The van der Waals surface area contributed by atoms with Crippen LogP contribution in [0.4, 0.5) is 0 Å². The first-order valence-corrected chi connectivity index (χ1v) is 17.0. The molecule has 4 heterocycles. The van der Waals surface area contributed by atoms with Crippen molar-refractivity contribution in [2.75, 3.05) is 0 Å². The molecule has 0 aliphatic rings. The van der Waals surface area contributed by atoms with Gasteiger partial charge in [-0.2, -0.15) is 0 Å². The van der Waals surface area contributed by atoms with Crippen LogP contribution in [0.5, 0.6) is 0 Å². The van der Waals surface area contributed by atoms with E-state index in [2.05, 4.69) is 138 Å². The minimum Gasteiger partial charge on any atom is -0.321 e. The second kappa shape index (κ2) is 14.2. The van der Waals surface area contributed by atoms with Crippen molar-refractivity contribution in [3.05, 3.63) is 201 Å². The molecule has 0 radical (unpaired) electrons. The summed E-state index contributed by atoms with van der Waals surface area (Å²) in [6.07, 6.45) is 3.93. The normalized spacial score (nSPS) is 11.0. The summed E-state index contributed by atoms with van der Waals surface area (Å²) in [5.41, 5.74) is 11.0. The summed E-state index contributed by atoms with van der Waals surface area (Å²) in [5, 5.41) is 4.89. The predicted molar refractivity (Wildman–Crippen MR) is 209 cm³/mol. The van der Waals surface area contributed by atoms with Crippen LogP contribution in [0.2, 0.25) is 0 Å². The molecule has 0 spiro atoms. The van der Waals surface area contributed by atoms with Crippen molar-refractivity contribution in [3.8, 4) is 33.9 Å². The second-order valence-electron chi connectivity index (χ2n) is 12.4. The fourth-order valence-electron chi connectivity index (χ4n) is 7.06. The molecule has 6 aromatic carbocycles. The van der Waals surface area contributed by atoms with Crippen molar-refractivity contribution in [2.45, 2.75) is 0 Å². The maximum atomic E-state index is 4.87. The molecule has 0 amide bonds. The second-order valence-corrected chi connectivity index (χ2v) is 12.4. The van der Waals surface area contributed by atoms with Crippen LogP contribution in [0.15, 0.2) is 182 Å². The first-order valence-electron chi connectivity index (χ1n) is 17.0. The van der Waals surface area contributed by atoms with Crippen molar-refractivity contribution in [3.63, 3.8) is 0 Å². The van der Waals surface area contributed by atoms with Gasteiger partial charge in [-0.3, -0.25) is 0 Å². The van der Waals surface area contributed by atoms with E-state index in [4.69, 9.17) is 4.98 Å². The Balaban J connectivity index is 0.000000234. The first kappa shape index (κ1) is 32.9. The molecule has 10 aromatic rings. The van der Waals surface area contributed by atoms with Crippen LogP contribution < -0.4 is 4.57 Å². The number of aromatic nitrogens is 4. The van der Waals surface area contributed by atoms with Gasteiger partial charge in [-0.15, -0.1) is 66.2 Å². The molecule has 0 unspecified atom stereocenters. The van der Waals surface area contributed by atoms with E-state index in [9.17, 15) is 0 Å². The molecule has 52 heavy (non-hydrogen) atoms. The van der Waals surface area contributed by atoms with Crippen molar-refractivity contribution < 1.29 is 24.7 Å². The fourth-order valence-corrected chi connectivity index (χ4v) is 7.06. The quantitative estimate of drug-likeness (QED) is 0.128. The van der Waals surface area contributed by atoms with Crippen molar-refractivity contribution in [1.29, 1.82) is 0 Å². The van der Waals surface area contributed by atoms with Gasteiger partial charge in [-0.25, -0.2) is 0 Å². The molecule has 0 aliphatic heterocycles. The van der Waals surface area contributed by atoms with Gasteiger partial charge in [0.2, 0.25) is 0 Å². The van der Waals surface area contributed by atoms with Crippen LogP contribution in [-0.4, -0.2) is 14.1 Å². The Hall–Kier alpha value is -6.26. The third-order valence-corrected chi connectivity index (χ3v) is 9.38. The number of nitrogens with zero attached hydrogens (tertiary/aromatic N) is 4. The Morgan fingerprint density at radius 3 is 1.69 bits per heavy atom. The SMILES string of the molecule is [CH2-][n+]1ccccc1-c1[c-]cccc1.[Ir+3].[c-]1ccccc1-c1cc2c3cc4c5ccccc5n(-c5ccccc5)c4cc3n(-c3ccccc3)c2cn1. The number of para-hydroxylation sites is 3. The van der Waals surface area contributed by atoms with Gasteiger partial charge in [0.25, 0.3) is 0 Å². The van der Waals surface area contributed by atoms with Gasteiger partial charge in [0.15, 0.2) is 0 Å². The van der Waals surface area contributed by atoms with Gasteiger partial charge in [0.1, 0.15) is 5.69 Å². The van der Waals surface area contributed by atoms with E-state index < -0.39 is 0 Å². The molecule has 10 rings (SSSR count). The minimum absolute atomic E-state index is 0. The van der Waals surface area contributed by atoms with E-state index >= 15 is 0 Å². The zero-order chi connectivity index (χ0) is 34.1. The molecule has 4 aromatic heterocycles. The van der Waals surface area contributed by atoms with Crippen LogP contribution in [0.25, 0.3) is 77.5 Å². The Bertz CT molecular complexity index is 2790. The van der Waals surface area contributed by atoms with E-state index in [1.807, 2.05) is 77.6 Å². The third kappa shape index (κ3) is 5.86. The van der Waals surface area contributed by atoms with Crippen LogP contribution in [-0.2, 0) is 20.1 Å². The van der Waals surface area contributed by atoms with E-state index in [-0.39, 0.29) is 20.1 Å². The maximum Gasteiger partial charge on any atom is 3.00 e. The van der Waals surface area contributed by atoms with Crippen LogP contribution in [0.1, 0.15) is 0 Å². The average molecular weight is 845 g/mol. The Labute approximate surface area is 316 Å². The van der Waals surface area contributed by atoms with Gasteiger partial charge in [-0.1, -0.05) is 78.4 Å². The molecular weight excluding hydrogens is 813 g/mol. The number of rotatable bonds is 4. The summed E-state index contributed by atoms with van der Waals surface area (Å²) in [6.45, 7) is 0. The minimum atomic E-state index is 0. The van der Waals surface area contributed by atoms with E-state index in [1.54, 1.807) is 0 Å². The molecule has 0 saturated carbocycles. The van der Waals surface area contributed by atoms with Crippen LogP contribution in [0, 0.1) is 19.2 Å². The third-order valence-electron chi connectivity index (χ3n) is 9.38. The average Bonchev–Trinajstić information content (AvgIpc) is 3.70. The van der Waals surface area contributed by atoms with E-state index in [0.29, 0.717) is 0 Å². The number of fused-ring (bicyclic) bond motifs is 6. The molecule has 4 nitrogen and oxygen atoms in total. The molecular formula is C47H32IrN4+. The number of pyridine rings is 2. The van der Waals surface area contributed by atoms with Gasteiger partial charge >= 0.3 is 20.1 Å². The summed E-state index contributed by atoms with van der Waals surface area (Å²) >= 11 is 0. The number of hydrogen-bond donors (Lipinski definition) is 0.